The fourth-order valence-electron chi connectivity index (χ4n) is 2.84. The van der Waals surface area contributed by atoms with Crippen LogP contribution in [0.3, 0.4) is 0 Å². The molecule has 0 radical (unpaired) electrons. The molecule has 0 aliphatic carbocycles. The smallest absolute Gasteiger partial charge is 0.416 e. The first-order valence-electron chi connectivity index (χ1n) is 6.96. The Balaban J connectivity index is 1.89. The third kappa shape index (κ3) is 2.98. The maximum atomic E-state index is 12.7. The largest absolute Gasteiger partial charge is 0.429 e. The van der Waals surface area contributed by atoms with Crippen LogP contribution in [-0.4, -0.2) is 45.8 Å². The molecule has 1 aromatic carbocycles. The average Bonchev–Trinajstić information content (AvgIpc) is 3.08. The standard InChI is InChI=1S/C14H13F3N2O3S/c15-14(16,17)11(20)9-2-1-5-19(9)12(21)7-3-4-8-10(6-7)22-13(23)18-8/h3-4,6,9,11,20H,1-2,5H2,(H,18,23)/t9-,11-/m1/s1. The third-order valence-electron chi connectivity index (χ3n) is 3.93. The van der Waals surface area contributed by atoms with Crippen LogP contribution in [0.1, 0.15) is 23.2 Å². The third-order valence-corrected chi connectivity index (χ3v) is 4.11. The molecule has 0 unspecified atom stereocenters. The Morgan fingerprint density at radius 1 is 1.48 bits per heavy atom. The lowest BCUT2D eigenvalue weighted by molar-refractivity contribution is -0.216. The van der Waals surface area contributed by atoms with E-state index in [1.54, 1.807) is 6.07 Å². The van der Waals surface area contributed by atoms with Gasteiger partial charge in [-0.1, -0.05) is 0 Å². The molecular weight excluding hydrogens is 333 g/mol. The number of oxazole rings is 1. The highest BCUT2D eigenvalue weighted by Gasteiger charge is 2.48. The van der Waals surface area contributed by atoms with Crippen molar-refractivity contribution in [3.05, 3.63) is 28.6 Å². The second kappa shape index (κ2) is 5.64. The van der Waals surface area contributed by atoms with E-state index in [4.69, 9.17) is 16.6 Å². The monoisotopic (exact) mass is 346 g/mol. The van der Waals surface area contributed by atoms with E-state index in [0.717, 1.165) is 4.90 Å². The Labute approximate surface area is 133 Å². The summed E-state index contributed by atoms with van der Waals surface area (Å²) in [6.45, 7) is 0.172. The highest BCUT2D eigenvalue weighted by molar-refractivity contribution is 7.71. The van der Waals surface area contributed by atoms with Gasteiger partial charge in [0.05, 0.1) is 11.6 Å². The maximum Gasteiger partial charge on any atom is 0.416 e. The number of alkyl halides is 3. The number of aliphatic hydroxyl groups excluding tert-OH is 1. The number of rotatable bonds is 2. The van der Waals surface area contributed by atoms with Gasteiger partial charge < -0.3 is 19.4 Å². The molecule has 1 aliphatic rings. The van der Waals surface area contributed by atoms with E-state index in [1.165, 1.54) is 12.1 Å². The maximum absolute atomic E-state index is 12.7. The highest BCUT2D eigenvalue weighted by atomic mass is 32.1. The molecular formula is C14H13F3N2O3S. The number of fused-ring (bicyclic) bond motifs is 1. The molecule has 3 rings (SSSR count). The van der Waals surface area contributed by atoms with Gasteiger partial charge >= 0.3 is 6.18 Å². The molecule has 124 valence electrons. The number of likely N-dealkylation sites (tertiary alicyclic amines) is 1. The van der Waals surface area contributed by atoms with Crippen molar-refractivity contribution >= 4 is 29.2 Å². The number of H-pyrrole nitrogens is 1. The number of aliphatic hydroxyl groups is 1. The summed E-state index contributed by atoms with van der Waals surface area (Å²) in [7, 11) is 0. The molecule has 0 bridgehead atoms. The number of carbonyl (C=O) groups is 1. The lowest BCUT2D eigenvalue weighted by atomic mass is 10.1. The van der Waals surface area contributed by atoms with Crippen LogP contribution in [0.15, 0.2) is 22.6 Å². The second-order valence-corrected chi connectivity index (χ2v) is 5.79. The first-order chi connectivity index (χ1) is 10.8. The molecule has 2 N–H and O–H groups in total. The number of benzene rings is 1. The van der Waals surface area contributed by atoms with Crippen molar-refractivity contribution in [1.29, 1.82) is 0 Å². The van der Waals surface area contributed by atoms with Crippen LogP contribution >= 0.6 is 12.2 Å². The van der Waals surface area contributed by atoms with E-state index in [-0.39, 0.29) is 23.4 Å². The first-order valence-corrected chi connectivity index (χ1v) is 7.37. The zero-order valence-electron chi connectivity index (χ0n) is 11.8. The van der Waals surface area contributed by atoms with Gasteiger partial charge in [-0.15, -0.1) is 0 Å². The van der Waals surface area contributed by atoms with Gasteiger partial charge in [-0.25, -0.2) is 0 Å². The summed E-state index contributed by atoms with van der Waals surface area (Å²) in [6.07, 6.45) is -6.78. The predicted molar refractivity (Wildman–Crippen MR) is 77.5 cm³/mol. The van der Waals surface area contributed by atoms with Gasteiger partial charge in [-0.2, -0.15) is 13.2 Å². The fraction of sp³-hybridized carbons (Fsp3) is 0.429. The quantitative estimate of drug-likeness (QED) is 0.820. The molecule has 0 saturated carbocycles. The van der Waals surface area contributed by atoms with Crippen LogP contribution in [0.25, 0.3) is 11.1 Å². The van der Waals surface area contributed by atoms with Gasteiger partial charge in [0.1, 0.15) is 0 Å². The van der Waals surface area contributed by atoms with Crippen molar-refractivity contribution in [2.75, 3.05) is 6.54 Å². The topological polar surface area (TPSA) is 69.5 Å². The minimum atomic E-state index is -4.76. The summed E-state index contributed by atoms with van der Waals surface area (Å²) in [5, 5.41) is 9.47. The zero-order chi connectivity index (χ0) is 16.8. The van der Waals surface area contributed by atoms with E-state index < -0.39 is 24.2 Å². The number of aromatic nitrogens is 1. The number of aromatic amines is 1. The molecule has 2 aromatic rings. The van der Waals surface area contributed by atoms with Crippen molar-refractivity contribution in [2.24, 2.45) is 0 Å². The molecule has 1 saturated heterocycles. The molecule has 0 spiro atoms. The first kappa shape index (κ1) is 16.0. The van der Waals surface area contributed by atoms with Crippen molar-refractivity contribution in [1.82, 2.24) is 9.88 Å². The molecule has 1 fully saturated rings. The van der Waals surface area contributed by atoms with Crippen LogP contribution in [0.4, 0.5) is 13.2 Å². The summed E-state index contributed by atoms with van der Waals surface area (Å²) in [5.41, 5.74) is 1.14. The van der Waals surface area contributed by atoms with Crippen LogP contribution in [0, 0.1) is 4.84 Å². The number of hydrogen-bond donors (Lipinski definition) is 2. The number of carbonyl (C=O) groups excluding carboxylic acids is 1. The minimum Gasteiger partial charge on any atom is -0.429 e. The van der Waals surface area contributed by atoms with E-state index in [9.17, 15) is 23.1 Å². The summed E-state index contributed by atoms with van der Waals surface area (Å²) in [5.74, 6) is -0.569. The van der Waals surface area contributed by atoms with Gasteiger partial charge in [0.15, 0.2) is 11.7 Å². The van der Waals surface area contributed by atoms with Crippen LogP contribution in [0.5, 0.6) is 0 Å². The number of hydrogen-bond acceptors (Lipinski definition) is 4. The van der Waals surface area contributed by atoms with Gasteiger partial charge in [0.25, 0.3) is 10.7 Å². The van der Waals surface area contributed by atoms with Crippen molar-refractivity contribution in [3.8, 4) is 0 Å². The summed E-state index contributed by atoms with van der Waals surface area (Å²) in [6, 6.07) is 3.23. The fourth-order valence-corrected chi connectivity index (χ4v) is 3.04. The van der Waals surface area contributed by atoms with E-state index in [0.29, 0.717) is 17.5 Å². The highest BCUT2D eigenvalue weighted by Crippen LogP contribution is 2.31. The van der Waals surface area contributed by atoms with Gasteiger partial charge in [0, 0.05) is 12.1 Å². The molecule has 1 aliphatic heterocycles. The van der Waals surface area contributed by atoms with E-state index >= 15 is 0 Å². The van der Waals surface area contributed by atoms with Crippen LogP contribution in [0.2, 0.25) is 0 Å². The second-order valence-electron chi connectivity index (χ2n) is 5.42. The molecule has 1 aromatic heterocycles. The lowest BCUT2D eigenvalue weighted by Gasteiger charge is -2.29. The Morgan fingerprint density at radius 2 is 2.22 bits per heavy atom. The molecule has 2 heterocycles. The average molecular weight is 346 g/mol. The Bertz CT molecular complexity index is 798. The van der Waals surface area contributed by atoms with Gasteiger partial charge in [0.2, 0.25) is 0 Å². The SMILES string of the molecule is O=C(c1ccc2[nH]c(=S)oc2c1)N1CCC[C@@H]1[C@@H](O)C(F)(F)F. The molecule has 2 atom stereocenters. The predicted octanol–water partition coefficient (Wildman–Crippen LogP) is 3.02. The summed E-state index contributed by atoms with van der Waals surface area (Å²) >= 11 is 4.85. The van der Waals surface area contributed by atoms with Crippen molar-refractivity contribution in [3.63, 3.8) is 0 Å². The Morgan fingerprint density at radius 3 is 2.91 bits per heavy atom. The van der Waals surface area contributed by atoms with Gasteiger partial charge in [-0.3, -0.25) is 4.79 Å². The number of nitrogens with one attached hydrogen (secondary N) is 1. The molecule has 9 heteroatoms. The number of amides is 1. The summed E-state index contributed by atoms with van der Waals surface area (Å²) < 4.78 is 43.4. The van der Waals surface area contributed by atoms with Crippen molar-refractivity contribution < 1.29 is 27.5 Å². The molecule has 23 heavy (non-hydrogen) atoms. The summed E-state index contributed by atoms with van der Waals surface area (Å²) in [4.78, 5) is 16.5. The molecule has 1 amide bonds. The number of nitrogens with zero attached hydrogens (tertiary/aromatic N) is 1. The van der Waals surface area contributed by atoms with E-state index in [1.807, 2.05) is 0 Å². The lowest BCUT2D eigenvalue weighted by Crippen LogP contribution is -2.49. The zero-order valence-corrected chi connectivity index (χ0v) is 12.6. The minimum absolute atomic E-state index is 0.111. The van der Waals surface area contributed by atoms with Gasteiger partial charge in [-0.05, 0) is 43.3 Å². The van der Waals surface area contributed by atoms with E-state index in [2.05, 4.69) is 4.98 Å². The Hall–Kier alpha value is -1.87. The number of halogens is 3. The normalized spacial score (nSPS) is 20.2. The Kier molecular flexibility index (Phi) is 3.93. The molecule has 5 nitrogen and oxygen atoms in total. The van der Waals surface area contributed by atoms with Crippen molar-refractivity contribution in [2.45, 2.75) is 31.2 Å². The van der Waals surface area contributed by atoms with Crippen LogP contribution < -0.4 is 0 Å². The van der Waals surface area contributed by atoms with Crippen LogP contribution in [-0.2, 0) is 0 Å².